The van der Waals surface area contributed by atoms with Crippen molar-refractivity contribution in [1.82, 2.24) is 14.9 Å². The Hall–Kier alpha value is -0.870. The smallest absolute Gasteiger partial charge is 0.0986 e. The van der Waals surface area contributed by atoms with Crippen molar-refractivity contribution in [2.24, 2.45) is 0 Å². The number of hydrogen-bond acceptors (Lipinski definition) is 2. The lowest BCUT2D eigenvalue weighted by molar-refractivity contribution is 0.520. The van der Waals surface area contributed by atoms with Crippen molar-refractivity contribution >= 4 is 22.1 Å². The molecule has 2 heterocycles. The normalized spacial score (nSPS) is 13.5. The van der Waals surface area contributed by atoms with Crippen LogP contribution in [0.15, 0.2) is 38.0 Å². The molecular formula is C13H22BrN3. The van der Waals surface area contributed by atoms with Crippen LogP contribution in [0.3, 0.4) is 0 Å². The Balaban J connectivity index is 0.000000236. The van der Waals surface area contributed by atoms with Gasteiger partial charge in [0.25, 0.3) is 0 Å². The molecule has 1 aliphatic heterocycles. The average Bonchev–Trinajstić information content (AvgIpc) is 2.95. The van der Waals surface area contributed by atoms with Crippen molar-refractivity contribution in [1.29, 1.82) is 0 Å². The van der Waals surface area contributed by atoms with Crippen LogP contribution >= 0.6 is 15.9 Å². The van der Waals surface area contributed by atoms with Crippen molar-refractivity contribution in [3.8, 4) is 0 Å². The fraction of sp³-hybridized carbons (Fsp3) is 0.462. The number of allylic oxidation sites excluding steroid dienone is 1. The lowest BCUT2D eigenvalue weighted by atomic mass is 10.2. The van der Waals surface area contributed by atoms with Gasteiger partial charge in [-0.3, -0.25) is 0 Å². The summed E-state index contributed by atoms with van der Waals surface area (Å²) in [5, 5.41) is 4.18. The summed E-state index contributed by atoms with van der Waals surface area (Å²) in [7, 11) is 0. The van der Waals surface area contributed by atoms with Crippen LogP contribution in [0.1, 0.15) is 19.3 Å². The van der Waals surface area contributed by atoms with Gasteiger partial charge < -0.3 is 9.88 Å². The Labute approximate surface area is 113 Å². The van der Waals surface area contributed by atoms with Crippen LogP contribution in [0.4, 0.5) is 0 Å². The minimum atomic E-state index is 0.896. The maximum Gasteiger partial charge on any atom is 0.0986 e. The first-order valence-electron chi connectivity index (χ1n) is 5.82. The van der Waals surface area contributed by atoms with Crippen molar-refractivity contribution in [2.45, 2.75) is 19.3 Å². The third kappa shape index (κ3) is 11.4. The molecular weight excluding hydrogens is 278 g/mol. The van der Waals surface area contributed by atoms with Gasteiger partial charge in [-0.1, -0.05) is 35.0 Å². The molecule has 0 radical (unpaired) electrons. The van der Waals surface area contributed by atoms with E-state index in [9.17, 15) is 0 Å². The number of nitrogens with zero attached hydrogens (tertiary/aromatic N) is 2. The van der Waals surface area contributed by atoms with Gasteiger partial charge in [0.1, 0.15) is 0 Å². The molecule has 1 saturated heterocycles. The zero-order valence-corrected chi connectivity index (χ0v) is 11.9. The lowest BCUT2D eigenvalue weighted by Crippen LogP contribution is -2.21. The molecule has 1 aromatic heterocycles. The molecule has 1 aliphatic rings. The van der Waals surface area contributed by atoms with Crippen LogP contribution in [0.2, 0.25) is 0 Å². The highest BCUT2D eigenvalue weighted by Crippen LogP contribution is 1.96. The number of imidazole rings is 1. The fourth-order valence-electron chi connectivity index (χ4n) is 1.18. The van der Waals surface area contributed by atoms with Crippen LogP contribution in [-0.4, -0.2) is 28.0 Å². The van der Waals surface area contributed by atoms with E-state index in [2.05, 4.69) is 39.4 Å². The van der Waals surface area contributed by atoms with E-state index in [0.29, 0.717) is 0 Å². The van der Waals surface area contributed by atoms with Gasteiger partial charge in [0, 0.05) is 23.9 Å². The van der Waals surface area contributed by atoms with E-state index in [1.54, 1.807) is 29.4 Å². The number of aromatic nitrogens is 2. The highest BCUT2D eigenvalue weighted by Gasteiger charge is 1.93. The van der Waals surface area contributed by atoms with Gasteiger partial charge in [-0.25, -0.2) is 4.98 Å². The lowest BCUT2D eigenvalue weighted by Gasteiger charge is -2.08. The third-order valence-corrected chi connectivity index (χ3v) is 2.51. The zero-order chi connectivity index (χ0) is 12.8. The van der Waals surface area contributed by atoms with Gasteiger partial charge in [-0.15, -0.1) is 6.58 Å². The first kappa shape index (κ1) is 16.1. The molecule has 0 unspecified atom stereocenters. The summed E-state index contributed by atoms with van der Waals surface area (Å²) >= 11 is 3.13. The molecule has 1 aromatic rings. The van der Waals surface area contributed by atoms with E-state index >= 15 is 0 Å². The predicted octanol–water partition coefficient (Wildman–Crippen LogP) is 3.31. The number of hydrogen-bond donors (Lipinski definition) is 1. The quantitative estimate of drug-likeness (QED) is 0.671. The topological polar surface area (TPSA) is 29.9 Å². The maximum atomic E-state index is 3.78. The molecule has 0 spiro atoms. The summed E-state index contributed by atoms with van der Waals surface area (Å²) in [6, 6.07) is 0. The van der Waals surface area contributed by atoms with Crippen LogP contribution in [0.5, 0.6) is 0 Å². The van der Waals surface area contributed by atoms with Crippen LogP contribution < -0.4 is 5.32 Å². The van der Waals surface area contributed by atoms with E-state index in [1.165, 1.54) is 32.4 Å². The van der Waals surface area contributed by atoms with E-state index < -0.39 is 0 Å². The summed E-state index contributed by atoms with van der Waals surface area (Å²) in [5.41, 5.74) is 0. The second-order valence-corrected chi connectivity index (χ2v) is 4.09. The maximum absolute atomic E-state index is 3.78. The molecule has 4 heteroatoms. The van der Waals surface area contributed by atoms with E-state index in [1.807, 2.05) is 6.20 Å². The van der Waals surface area contributed by atoms with E-state index in [4.69, 9.17) is 0 Å². The van der Waals surface area contributed by atoms with E-state index in [0.717, 1.165) is 5.33 Å². The molecule has 0 bridgehead atoms. The van der Waals surface area contributed by atoms with E-state index in [-0.39, 0.29) is 0 Å². The van der Waals surface area contributed by atoms with Gasteiger partial charge in [0.15, 0.2) is 0 Å². The highest BCUT2D eigenvalue weighted by molar-refractivity contribution is 9.09. The Morgan fingerprint density at radius 3 is 2.12 bits per heavy atom. The first-order chi connectivity index (χ1) is 8.35. The fourth-order valence-corrected chi connectivity index (χ4v) is 1.18. The largest absolute Gasteiger partial charge is 0.317 e. The molecule has 0 aliphatic carbocycles. The Kier molecular flexibility index (Phi) is 12.5. The van der Waals surface area contributed by atoms with Gasteiger partial charge >= 0.3 is 0 Å². The number of nitrogens with one attached hydrogen (secondary N) is 1. The van der Waals surface area contributed by atoms with Gasteiger partial charge in [-0.05, 0) is 25.9 Å². The Morgan fingerprint density at radius 2 is 1.94 bits per heavy atom. The van der Waals surface area contributed by atoms with Crippen molar-refractivity contribution in [3.63, 3.8) is 0 Å². The minimum Gasteiger partial charge on any atom is -0.317 e. The summed E-state index contributed by atoms with van der Waals surface area (Å²) in [5.74, 6) is 0. The van der Waals surface area contributed by atoms with Crippen LogP contribution in [-0.2, 0) is 0 Å². The first-order valence-corrected chi connectivity index (χ1v) is 6.94. The molecule has 17 heavy (non-hydrogen) atoms. The molecule has 0 amide bonds. The standard InChI is InChI=1S/C5H6N2.C5H11N.C3H5Br/c1-2-7-4-3-6-5-7;1-2-4-6-5-3-1;1-2-3-4/h2-5H,1H2;6H,1-5H2;2H,1,3H2. The van der Waals surface area contributed by atoms with Crippen molar-refractivity contribution < 1.29 is 0 Å². The van der Waals surface area contributed by atoms with Crippen molar-refractivity contribution in [2.75, 3.05) is 18.4 Å². The SMILES string of the molecule is C1CCNCC1.C=CCBr.C=Cn1ccnc1. The van der Waals surface area contributed by atoms with Crippen LogP contribution in [0, 0.1) is 0 Å². The predicted molar refractivity (Wildman–Crippen MR) is 79.3 cm³/mol. The van der Waals surface area contributed by atoms with Crippen LogP contribution in [0.25, 0.3) is 6.20 Å². The minimum absolute atomic E-state index is 0.896. The number of rotatable bonds is 2. The molecule has 3 nitrogen and oxygen atoms in total. The molecule has 0 saturated carbocycles. The molecule has 0 atom stereocenters. The zero-order valence-electron chi connectivity index (χ0n) is 10.3. The van der Waals surface area contributed by atoms with Gasteiger partial charge in [0.2, 0.25) is 0 Å². The average molecular weight is 300 g/mol. The molecule has 0 aromatic carbocycles. The second-order valence-electron chi connectivity index (χ2n) is 3.45. The Bertz CT molecular complexity index is 255. The highest BCUT2D eigenvalue weighted by atomic mass is 79.9. The summed E-state index contributed by atoms with van der Waals surface area (Å²) in [4.78, 5) is 3.78. The number of alkyl halides is 1. The molecule has 2 rings (SSSR count). The molecule has 96 valence electrons. The summed E-state index contributed by atoms with van der Waals surface area (Å²) in [6.07, 6.45) is 12.9. The van der Waals surface area contributed by atoms with Gasteiger partial charge in [0.05, 0.1) is 6.33 Å². The molecule has 1 N–H and O–H groups in total. The monoisotopic (exact) mass is 299 g/mol. The second kappa shape index (κ2) is 13.2. The molecule has 1 fully saturated rings. The summed E-state index contributed by atoms with van der Waals surface area (Å²) in [6.45, 7) is 9.46. The summed E-state index contributed by atoms with van der Waals surface area (Å²) < 4.78 is 1.78. The number of piperidine rings is 1. The Morgan fingerprint density at radius 1 is 1.29 bits per heavy atom. The number of halogens is 1. The van der Waals surface area contributed by atoms with Gasteiger partial charge in [-0.2, -0.15) is 0 Å². The van der Waals surface area contributed by atoms with Crippen molar-refractivity contribution in [3.05, 3.63) is 38.0 Å². The third-order valence-electron chi connectivity index (χ3n) is 2.05.